The van der Waals surface area contributed by atoms with Crippen LogP contribution < -0.4 is 5.32 Å². The van der Waals surface area contributed by atoms with Crippen molar-refractivity contribution in [3.63, 3.8) is 0 Å². The zero-order chi connectivity index (χ0) is 47.0. The number of Topliss-reactive ketones (excluding diaryl/α,β-unsaturated/α-hetero) is 1. The second-order valence-corrected chi connectivity index (χ2v) is 19.5. The van der Waals surface area contributed by atoms with Crippen molar-refractivity contribution in [2.75, 3.05) is 45.8 Å². The fourth-order valence-corrected chi connectivity index (χ4v) is 11.0. The average Bonchev–Trinajstić information content (AvgIpc) is 3.55. The maximum atomic E-state index is 14.9. The molecular weight excluding hydrogens is 837 g/mol. The number of esters is 1. The Bertz CT molecular complexity index is 2070. The summed E-state index contributed by atoms with van der Waals surface area (Å²) in [6.45, 7) is 13.9. The Kier molecular flexibility index (Phi) is 14.8. The van der Waals surface area contributed by atoms with Gasteiger partial charge in [-0.25, -0.2) is 4.79 Å². The van der Waals surface area contributed by atoms with Crippen molar-refractivity contribution in [3.05, 3.63) is 54.6 Å². The Morgan fingerprint density at radius 1 is 0.985 bits per heavy atom. The number of amides is 2. The van der Waals surface area contributed by atoms with E-state index < -0.39 is 102 Å². The van der Waals surface area contributed by atoms with Gasteiger partial charge in [0.15, 0.2) is 18.5 Å². The monoisotopic (exact) mass is 904 g/mol. The molecular formula is C49H68N4O12. The summed E-state index contributed by atoms with van der Waals surface area (Å²) in [6.07, 6.45) is -4.76. The highest BCUT2D eigenvalue weighted by Gasteiger charge is 2.61. The Hall–Kier alpha value is -4.45. The molecule has 2 N–H and O–H groups in total. The summed E-state index contributed by atoms with van der Waals surface area (Å²) in [5, 5.41) is 19.3. The van der Waals surface area contributed by atoms with Crippen molar-refractivity contribution in [2.45, 2.75) is 135 Å². The minimum Gasteiger partial charge on any atom is -0.458 e. The molecule has 0 radical (unpaired) electrons. The summed E-state index contributed by atoms with van der Waals surface area (Å²) in [5.74, 6) is -4.84. The lowest BCUT2D eigenvalue weighted by Crippen LogP contribution is -2.61. The van der Waals surface area contributed by atoms with E-state index in [0.717, 1.165) is 11.1 Å². The van der Waals surface area contributed by atoms with Crippen molar-refractivity contribution >= 4 is 35.2 Å². The maximum absolute atomic E-state index is 14.9. The zero-order valence-corrected chi connectivity index (χ0v) is 39.4. The van der Waals surface area contributed by atoms with Gasteiger partial charge in [-0.2, -0.15) is 0 Å². The molecule has 6 bridgehead atoms. The van der Waals surface area contributed by atoms with E-state index in [1.165, 1.54) is 4.90 Å². The first-order chi connectivity index (χ1) is 30.9. The van der Waals surface area contributed by atoms with Crippen LogP contribution >= 0.6 is 0 Å². The lowest BCUT2D eigenvalue weighted by molar-refractivity contribution is -0.302. The molecule has 5 heterocycles. The number of benzene rings is 2. The number of ketones is 1. The Morgan fingerprint density at radius 2 is 1.69 bits per heavy atom. The van der Waals surface area contributed by atoms with Gasteiger partial charge in [-0.05, 0) is 72.7 Å². The fraction of sp³-hybridized carbons (Fsp3) is 0.653. The Labute approximate surface area is 382 Å². The van der Waals surface area contributed by atoms with Crippen LogP contribution in [0.25, 0.3) is 11.1 Å². The number of likely N-dealkylation sites (N-methyl/N-ethyl adjacent to an activating group) is 1. The van der Waals surface area contributed by atoms with Crippen LogP contribution in [0.3, 0.4) is 0 Å². The number of carbonyl (C=O) groups excluding carboxylic acids is 4. The molecule has 0 saturated carbocycles. The standard InChI is InChI=1S/C49H68N4O12/c1-11-38-49(8)43-29(4)40(55)27(2)22-48(7)44(64-46-41(56)37(52(9)10)21-28(3)62-46)30(5)42(31(6)45(57)63-38)59-24-33(25-60-48)36(23-53(43)47(58)65-49)51-61-26-39(54)50-35-20-16-15-19-34(35)32-17-13-12-14-18-32/h12-20,27-31,33,37-38,41-44,46,56H,11,21-26H2,1-10H3,(H,50,54)/b51-36-/t27-,28-,29+,30+,31-,33?,37+,38-,41-,42+,43+,44-,46+,48?,49?/m1/s1. The van der Waals surface area contributed by atoms with E-state index in [-0.39, 0.29) is 50.5 Å². The van der Waals surface area contributed by atoms with Crippen molar-refractivity contribution in [1.29, 1.82) is 0 Å². The van der Waals surface area contributed by atoms with E-state index in [2.05, 4.69) is 10.5 Å². The number of para-hydroxylation sites is 1. The van der Waals surface area contributed by atoms with Crippen molar-refractivity contribution < 1.29 is 57.5 Å². The number of hydrogen-bond acceptors (Lipinski definition) is 14. The molecule has 7 rings (SSSR count). The quantitative estimate of drug-likeness (QED) is 0.231. The zero-order valence-electron chi connectivity index (χ0n) is 39.4. The molecule has 5 aliphatic heterocycles. The highest BCUT2D eigenvalue weighted by molar-refractivity contribution is 5.96. The molecule has 2 aromatic rings. The van der Waals surface area contributed by atoms with Gasteiger partial charge in [-0.3, -0.25) is 19.3 Å². The predicted molar refractivity (Wildman–Crippen MR) is 241 cm³/mol. The van der Waals surface area contributed by atoms with Gasteiger partial charge in [0.05, 0.1) is 61.3 Å². The topological polar surface area (TPSA) is 184 Å². The molecule has 65 heavy (non-hydrogen) atoms. The summed E-state index contributed by atoms with van der Waals surface area (Å²) in [5.41, 5.74) is -0.0512. The van der Waals surface area contributed by atoms with Gasteiger partial charge in [0.2, 0.25) is 0 Å². The summed E-state index contributed by atoms with van der Waals surface area (Å²) < 4.78 is 39.8. The first kappa shape index (κ1) is 48.5. The number of cyclic esters (lactones) is 1. The van der Waals surface area contributed by atoms with Crippen molar-refractivity contribution in [2.24, 2.45) is 34.7 Å². The summed E-state index contributed by atoms with van der Waals surface area (Å²) in [7, 11) is 3.80. The van der Waals surface area contributed by atoms with Gasteiger partial charge in [-0.15, -0.1) is 0 Å². The third-order valence-electron chi connectivity index (χ3n) is 14.4. The minimum absolute atomic E-state index is 0.0391. The average molecular weight is 905 g/mol. The number of aliphatic hydroxyl groups is 1. The minimum atomic E-state index is -1.45. The maximum Gasteiger partial charge on any atom is 0.411 e. The van der Waals surface area contributed by atoms with Crippen LogP contribution in [0.5, 0.6) is 0 Å². The second kappa shape index (κ2) is 19.8. The molecule has 2 aromatic carbocycles. The van der Waals surface area contributed by atoms with E-state index in [1.54, 1.807) is 20.8 Å². The normalized spacial score (nSPS) is 38.6. The number of aliphatic hydroxyl groups excluding tert-OH is 1. The van der Waals surface area contributed by atoms with E-state index in [1.807, 2.05) is 108 Å². The Balaban J connectivity index is 1.31. The number of ether oxygens (including phenoxy) is 6. The van der Waals surface area contributed by atoms with Gasteiger partial charge in [0.1, 0.15) is 18.0 Å². The summed E-state index contributed by atoms with van der Waals surface area (Å²) in [6, 6.07) is 16.0. The summed E-state index contributed by atoms with van der Waals surface area (Å²) in [4.78, 5) is 66.5. The van der Waals surface area contributed by atoms with Gasteiger partial charge < -0.3 is 48.6 Å². The number of hydrogen-bond donors (Lipinski definition) is 2. The molecule has 3 unspecified atom stereocenters. The van der Waals surface area contributed by atoms with Crippen LogP contribution in [-0.4, -0.2) is 145 Å². The van der Waals surface area contributed by atoms with Crippen LogP contribution in [0, 0.1) is 29.6 Å². The Morgan fingerprint density at radius 3 is 2.40 bits per heavy atom. The third-order valence-corrected chi connectivity index (χ3v) is 14.4. The molecule has 0 spiro atoms. The van der Waals surface area contributed by atoms with Crippen LogP contribution in [-0.2, 0) is 47.6 Å². The highest BCUT2D eigenvalue weighted by atomic mass is 16.7. The number of oxime groups is 1. The number of nitrogens with one attached hydrogen (secondary N) is 1. The smallest absolute Gasteiger partial charge is 0.411 e. The molecule has 0 aliphatic carbocycles. The largest absolute Gasteiger partial charge is 0.458 e. The predicted octanol–water partition coefficient (Wildman–Crippen LogP) is 5.70. The molecule has 356 valence electrons. The van der Waals surface area contributed by atoms with Crippen molar-refractivity contribution in [3.8, 4) is 11.1 Å². The fourth-order valence-electron chi connectivity index (χ4n) is 11.0. The number of anilines is 1. The molecule has 16 nitrogen and oxygen atoms in total. The van der Waals surface area contributed by atoms with Crippen LogP contribution in [0.4, 0.5) is 10.5 Å². The van der Waals surface area contributed by atoms with Crippen molar-refractivity contribution in [1.82, 2.24) is 9.80 Å². The number of carbonyl (C=O) groups is 4. The van der Waals surface area contributed by atoms with Crippen LogP contribution in [0.1, 0.15) is 74.7 Å². The molecule has 5 fully saturated rings. The van der Waals surface area contributed by atoms with Gasteiger partial charge in [0, 0.05) is 41.0 Å². The lowest BCUT2D eigenvalue weighted by Gasteiger charge is -2.48. The van der Waals surface area contributed by atoms with E-state index in [9.17, 15) is 24.3 Å². The lowest BCUT2D eigenvalue weighted by atomic mass is 9.73. The highest BCUT2D eigenvalue weighted by Crippen LogP contribution is 2.45. The van der Waals surface area contributed by atoms with Crippen LogP contribution in [0.15, 0.2) is 59.8 Å². The summed E-state index contributed by atoms with van der Waals surface area (Å²) >= 11 is 0. The van der Waals surface area contributed by atoms with E-state index >= 15 is 0 Å². The molecule has 16 heteroatoms. The first-order valence-corrected chi connectivity index (χ1v) is 23.1. The molecule has 15 atom stereocenters. The van der Waals surface area contributed by atoms with Crippen LogP contribution in [0.2, 0.25) is 0 Å². The van der Waals surface area contributed by atoms with E-state index in [4.69, 9.17) is 33.3 Å². The number of fused-ring (bicyclic) bond motifs is 5. The molecule has 5 aliphatic rings. The second-order valence-electron chi connectivity index (χ2n) is 19.5. The molecule has 2 amide bonds. The SMILES string of the molecule is CC[C@H]1OC(=O)[C@H](C)[C@H]2OCC3COC(C)(C[C@@H](C)C(=O)[C@H](C)[C@@H]4N(C/C3=N/OCC(=O)Nc3ccccc3-c3ccccc3)C(=O)OC41C)[C@H](O[C@@H]1O[C@H](C)C[C@H](N(C)C)[C@H]1O)[C@H]2C. The number of rotatable bonds is 9. The van der Waals surface area contributed by atoms with Gasteiger partial charge in [-0.1, -0.05) is 81.4 Å². The third kappa shape index (κ3) is 9.84. The molecule has 0 aromatic heterocycles. The van der Waals surface area contributed by atoms with Gasteiger partial charge >= 0.3 is 12.1 Å². The van der Waals surface area contributed by atoms with Gasteiger partial charge in [0.25, 0.3) is 5.91 Å². The first-order valence-electron chi connectivity index (χ1n) is 23.1. The molecule has 5 saturated heterocycles. The van der Waals surface area contributed by atoms with E-state index in [0.29, 0.717) is 17.8 Å². The number of nitrogens with zero attached hydrogens (tertiary/aromatic N) is 3.